The second-order valence-corrected chi connectivity index (χ2v) is 5.13. The Bertz CT molecular complexity index is 528. The van der Waals surface area contributed by atoms with Crippen LogP contribution in [0.1, 0.15) is 31.4 Å². The third kappa shape index (κ3) is 1.93. The van der Waals surface area contributed by atoms with Gasteiger partial charge in [-0.05, 0) is 24.5 Å². The van der Waals surface area contributed by atoms with E-state index in [2.05, 4.69) is 35.3 Å². The van der Waals surface area contributed by atoms with Gasteiger partial charge in [0.25, 0.3) is 0 Å². The monoisotopic (exact) mass is 238 g/mol. The average molecular weight is 238 g/mol. The van der Waals surface area contributed by atoms with E-state index < -0.39 is 0 Å². The summed E-state index contributed by atoms with van der Waals surface area (Å²) in [6.45, 7) is 0. The number of aromatic nitrogens is 1. The molecule has 0 atom stereocenters. The minimum absolute atomic E-state index is 0.230. The van der Waals surface area contributed by atoms with Crippen LogP contribution in [0.25, 0.3) is 11.1 Å². The van der Waals surface area contributed by atoms with E-state index in [-0.39, 0.29) is 5.54 Å². The number of rotatable bonds is 2. The van der Waals surface area contributed by atoms with Crippen LogP contribution in [0.3, 0.4) is 0 Å². The van der Waals surface area contributed by atoms with E-state index in [0.29, 0.717) is 0 Å². The molecule has 0 spiro atoms. The maximum Gasteiger partial charge on any atom is 0.0680 e. The van der Waals surface area contributed by atoms with Crippen LogP contribution >= 0.6 is 0 Å². The van der Waals surface area contributed by atoms with Crippen LogP contribution in [0.2, 0.25) is 0 Å². The molecule has 0 amide bonds. The fourth-order valence-electron chi connectivity index (χ4n) is 2.90. The van der Waals surface area contributed by atoms with Crippen molar-refractivity contribution in [3.05, 3.63) is 54.4 Å². The van der Waals surface area contributed by atoms with Crippen LogP contribution in [0.5, 0.6) is 0 Å². The molecule has 0 bridgehead atoms. The van der Waals surface area contributed by atoms with Gasteiger partial charge >= 0.3 is 0 Å². The molecule has 1 aromatic carbocycles. The highest BCUT2D eigenvalue weighted by Gasteiger charge is 2.34. The maximum atomic E-state index is 6.56. The summed E-state index contributed by atoms with van der Waals surface area (Å²) in [7, 11) is 0. The van der Waals surface area contributed by atoms with Crippen molar-refractivity contribution in [3.63, 3.8) is 0 Å². The number of benzene rings is 1. The van der Waals surface area contributed by atoms with Crippen LogP contribution in [-0.2, 0) is 5.54 Å². The van der Waals surface area contributed by atoms with Crippen molar-refractivity contribution in [1.29, 1.82) is 0 Å². The molecule has 1 fully saturated rings. The molecule has 92 valence electrons. The molecule has 1 aromatic heterocycles. The summed E-state index contributed by atoms with van der Waals surface area (Å²) in [5.74, 6) is 0. The predicted molar refractivity (Wildman–Crippen MR) is 74.0 cm³/mol. The van der Waals surface area contributed by atoms with Gasteiger partial charge in [-0.2, -0.15) is 0 Å². The van der Waals surface area contributed by atoms with Crippen LogP contribution < -0.4 is 5.73 Å². The van der Waals surface area contributed by atoms with Gasteiger partial charge in [0, 0.05) is 11.8 Å². The number of nitrogens with two attached hydrogens (primary N) is 1. The SMILES string of the molecule is NC1(c2ncccc2-c2ccccc2)CCCC1. The van der Waals surface area contributed by atoms with E-state index in [0.717, 1.165) is 18.5 Å². The van der Waals surface area contributed by atoms with Crippen molar-refractivity contribution in [1.82, 2.24) is 4.98 Å². The lowest BCUT2D eigenvalue weighted by atomic mass is 9.88. The Kier molecular flexibility index (Phi) is 2.88. The molecule has 1 saturated carbocycles. The summed E-state index contributed by atoms with van der Waals surface area (Å²) in [6.07, 6.45) is 6.37. The number of pyridine rings is 1. The van der Waals surface area contributed by atoms with Crippen molar-refractivity contribution in [2.45, 2.75) is 31.2 Å². The van der Waals surface area contributed by atoms with E-state index in [9.17, 15) is 0 Å². The summed E-state index contributed by atoms with van der Waals surface area (Å²) < 4.78 is 0. The molecule has 3 rings (SSSR count). The first-order valence-electron chi connectivity index (χ1n) is 6.59. The minimum Gasteiger partial charge on any atom is -0.320 e. The highest BCUT2D eigenvalue weighted by molar-refractivity contribution is 5.67. The molecule has 1 heterocycles. The van der Waals surface area contributed by atoms with E-state index in [1.165, 1.54) is 24.0 Å². The van der Waals surface area contributed by atoms with E-state index >= 15 is 0 Å². The van der Waals surface area contributed by atoms with Crippen molar-refractivity contribution in [3.8, 4) is 11.1 Å². The Morgan fingerprint density at radius 2 is 1.67 bits per heavy atom. The maximum absolute atomic E-state index is 6.56. The summed E-state index contributed by atoms with van der Waals surface area (Å²) in [6, 6.07) is 14.5. The molecule has 0 aliphatic heterocycles. The normalized spacial score (nSPS) is 17.8. The van der Waals surface area contributed by atoms with Crippen LogP contribution in [0.4, 0.5) is 0 Å². The van der Waals surface area contributed by atoms with Gasteiger partial charge in [-0.15, -0.1) is 0 Å². The smallest absolute Gasteiger partial charge is 0.0680 e. The van der Waals surface area contributed by atoms with Crippen LogP contribution in [0, 0.1) is 0 Å². The summed E-state index contributed by atoms with van der Waals surface area (Å²) in [5, 5.41) is 0. The van der Waals surface area contributed by atoms with E-state index in [1.54, 1.807) is 0 Å². The van der Waals surface area contributed by atoms with Crippen molar-refractivity contribution < 1.29 is 0 Å². The van der Waals surface area contributed by atoms with Gasteiger partial charge in [-0.25, -0.2) is 0 Å². The molecule has 1 aliphatic rings. The Morgan fingerprint density at radius 1 is 0.944 bits per heavy atom. The Balaban J connectivity index is 2.11. The van der Waals surface area contributed by atoms with Gasteiger partial charge < -0.3 is 5.73 Å². The first-order valence-corrected chi connectivity index (χ1v) is 6.59. The van der Waals surface area contributed by atoms with Crippen molar-refractivity contribution >= 4 is 0 Å². The number of nitrogens with zero attached hydrogens (tertiary/aromatic N) is 1. The highest BCUT2D eigenvalue weighted by Crippen LogP contribution is 2.39. The zero-order chi connectivity index (χ0) is 12.4. The predicted octanol–water partition coefficient (Wildman–Crippen LogP) is 3.48. The lowest BCUT2D eigenvalue weighted by Crippen LogP contribution is -2.34. The van der Waals surface area contributed by atoms with E-state index in [1.807, 2.05) is 18.3 Å². The second-order valence-electron chi connectivity index (χ2n) is 5.13. The summed E-state index contributed by atoms with van der Waals surface area (Å²) >= 11 is 0. The molecular weight excluding hydrogens is 220 g/mol. The number of hydrogen-bond acceptors (Lipinski definition) is 2. The highest BCUT2D eigenvalue weighted by atomic mass is 14.8. The molecule has 0 saturated heterocycles. The molecule has 2 heteroatoms. The molecule has 0 radical (unpaired) electrons. The standard InChI is InChI=1S/C16H18N2/c17-16(10-4-5-11-16)15-14(9-6-12-18-15)13-7-2-1-3-8-13/h1-3,6-9,12H,4-5,10-11,17H2. The fourth-order valence-corrected chi connectivity index (χ4v) is 2.90. The number of hydrogen-bond donors (Lipinski definition) is 1. The average Bonchev–Trinajstić information content (AvgIpc) is 2.88. The molecule has 18 heavy (non-hydrogen) atoms. The molecule has 1 aliphatic carbocycles. The second kappa shape index (κ2) is 4.54. The zero-order valence-corrected chi connectivity index (χ0v) is 10.5. The lowest BCUT2D eigenvalue weighted by Gasteiger charge is -2.25. The van der Waals surface area contributed by atoms with Crippen LogP contribution in [-0.4, -0.2) is 4.98 Å². The van der Waals surface area contributed by atoms with Gasteiger partial charge in [0.1, 0.15) is 0 Å². The topological polar surface area (TPSA) is 38.9 Å². The van der Waals surface area contributed by atoms with E-state index in [4.69, 9.17) is 5.73 Å². The summed E-state index contributed by atoms with van der Waals surface area (Å²) in [5.41, 5.74) is 9.78. The fraction of sp³-hybridized carbons (Fsp3) is 0.312. The van der Waals surface area contributed by atoms with Crippen LogP contribution in [0.15, 0.2) is 48.7 Å². The molecule has 2 nitrogen and oxygen atoms in total. The first-order chi connectivity index (χ1) is 8.80. The Labute approximate surface area is 108 Å². The third-order valence-electron chi connectivity index (χ3n) is 3.86. The van der Waals surface area contributed by atoms with Crippen molar-refractivity contribution in [2.75, 3.05) is 0 Å². The zero-order valence-electron chi connectivity index (χ0n) is 10.5. The first kappa shape index (κ1) is 11.4. The van der Waals surface area contributed by atoms with Gasteiger partial charge in [0.15, 0.2) is 0 Å². The largest absolute Gasteiger partial charge is 0.320 e. The van der Waals surface area contributed by atoms with Crippen molar-refractivity contribution in [2.24, 2.45) is 5.73 Å². The quantitative estimate of drug-likeness (QED) is 0.870. The Morgan fingerprint density at radius 3 is 2.39 bits per heavy atom. The third-order valence-corrected chi connectivity index (χ3v) is 3.86. The van der Waals surface area contributed by atoms with Gasteiger partial charge in [0.05, 0.1) is 11.2 Å². The Hall–Kier alpha value is -1.67. The lowest BCUT2D eigenvalue weighted by molar-refractivity contribution is 0.449. The molecule has 0 unspecified atom stereocenters. The van der Waals surface area contributed by atoms with Gasteiger partial charge in [0.2, 0.25) is 0 Å². The van der Waals surface area contributed by atoms with Gasteiger partial charge in [-0.1, -0.05) is 49.2 Å². The molecular formula is C16H18N2. The molecule has 2 aromatic rings. The minimum atomic E-state index is -0.230. The summed E-state index contributed by atoms with van der Waals surface area (Å²) in [4.78, 5) is 4.58. The molecule has 2 N–H and O–H groups in total. The van der Waals surface area contributed by atoms with Gasteiger partial charge in [-0.3, -0.25) is 4.98 Å².